The number of hydrogen-bond donors (Lipinski definition) is 0. The van der Waals surface area contributed by atoms with Crippen LogP contribution in [0.3, 0.4) is 0 Å². The number of pyridine rings is 1. The van der Waals surface area contributed by atoms with Crippen LogP contribution in [-0.4, -0.2) is 36.5 Å². The molecule has 1 aliphatic heterocycles. The lowest BCUT2D eigenvalue weighted by atomic mass is 10.3. The molecule has 1 saturated heterocycles. The molecule has 1 fully saturated rings. The van der Waals surface area contributed by atoms with Gasteiger partial charge < -0.3 is 4.57 Å². The summed E-state index contributed by atoms with van der Waals surface area (Å²) in [4.78, 5) is 4.12. The molecule has 1 atom stereocenters. The molecule has 0 N–H and O–H groups in total. The zero-order chi connectivity index (χ0) is 12.4. The molecule has 0 aliphatic carbocycles. The van der Waals surface area contributed by atoms with Crippen LogP contribution in [0.2, 0.25) is 0 Å². The Labute approximate surface area is 115 Å². The van der Waals surface area contributed by atoms with Crippen LogP contribution in [0, 0.1) is 0 Å². The van der Waals surface area contributed by atoms with Crippen LogP contribution in [0.15, 0.2) is 29.7 Å². The SMILES string of the molecule is Cn1c(S[C@H]2CCSC2)nnc1-c1cccnc1. The second-order valence-corrected chi connectivity index (χ2v) is 6.63. The third kappa shape index (κ3) is 2.40. The zero-order valence-corrected chi connectivity index (χ0v) is 11.7. The molecule has 0 saturated carbocycles. The molecule has 1 aliphatic rings. The highest BCUT2D eigenvalue weighted by Crippen LogP contribution is 2.33. The first-order valence-corrected chi connectivity index (χ1v) is 7.92. The average Bonchev–Trinajstić information content (AvgIpc) is 3.03. The number of nitrogens with zero attached hydrogens (tertiary/aromatic N) is 4. The van der Waals surface area contributed by atoms with Crippen molar-refractivity contribution in [3.8, 4) is 11.4 Å². The smallest absolute Gasteiger partial charge is 0.191 e. The molecule has 0 radical (unpaired) electrons. The van der Waals surface area contributed by atoms with Gasteiger partial charge in [0.2, 0.25) is 0 Å². The summed E-state index contributed by atoms with van der Waals surface area (Å²) in [6.45, 7) is 0. The van der Waals surface area contributed by atoms with Crippen LogP contribution in [-0.2, 0) is 7.05 Å². The molecule has 94 valence electrons. The van der Waals surface area contributed by atoms with Crippen molar-refractivity contribution >= 4 is 23.5 Å². The summed E-state index contributed by atoms with van der Waals surface area (Å²) in [6, 6.07) is 3.93. The van der Waals surface area contributed by atoms with Crippen molar-refractivity contribution in [1.29, 1.82) is 0 Å². The Morgan fingerprint density at radius 2 is 2.39 bits per heavy atom. The molecule has 2 aromatic rings. The van der Waals surface area contributed by atoms with Crippen molar-refractivity contribution in [2.75, 3.05) is 11.5 Å². The van der Waals surface area contributed by atoms with Gasteiger partial charge >= 0.3 is 0 Å². The van der Waals surface area contributed by atoms with Crippen molar-refractivity contribution < 1.29 is 0 Å². The van der Waals surface area contributed by atoms with E-state index < -0.39 is 0 Å². The number of thioether (sulfide) groups is 2. The van der Waals surface area contributed by atoms with Crippen molar-refractivity contribution in [2.45, 2.75) is 16.8 Å². The summed E-state index contributed by atoms with van der Waals surface area (Å²) in [6.07, 6.45) is 4.86. The van der Waals surface area contributed by atoms with E-state index in [-0.39, 0.29) is 0 Å². The quantitative estimate of drug-likeness (QED) is 0.863. The molecule has 0 unspecified atom stereocenters. The fraction of sp³-hybridized carbons (Fsp3) is 0.417. The van der Waals surface area contributed by atoms with E-state index in [1.165, 1.54) is 17.9 Å². The minimum absolute atomic E-state index is 0.680. The highest BCUT2D eigenvalue weighted by Gasteiger charge is 2.20. The van der Waals surface area contributed by atoms with Crippen LogP contribution >= 0.6 is 23.5 Å². The average molecular weight is 278 g/mol. The topological polar surface area (TPSA) is 43.6 Å². The second kappa shape index (κ2) is 5.32. The Bertz CT molecular complexity index is 520. The lowest BCUT2D eigenvalue weighted by molar-refractivity contribution is 0.787. The Balaban J connectivity index is 1.83. The number of aromatic nitrogens is 4. The van der Waals surface area contributed by atoms with Gasteiger partial charge in [0.05, 0.1) is 0 Å². The molecule has 3 heterocycles. The predicted molar refractivity (Wildman–Crippen MR) is 75.8 cm³/mol. The molecule has 0 aromatic carbocycles. The Morgan fingerprint density at radius 1 is 1.44 bits per heavy atom. The van der Waals surface area contributed by atoms with Crippen LogP contribution < -0.4 is 0 Å². The number of hydrogen-bond acceptors (Lipinski definition) is 5. The van der Waals surface area contributed by atoms with Gasteiger partial charge in [-0.3, -0.25) is 4.98 Å². The van der Waals surface area contributed by atoms with Gasteiger partial charge in [0.15, 0.2) is 11.0 Å². The minimum Gasteiger partial charge on any atom is -0.305 e. The van der Waals surface area contributed by atoms with E-state index in [0.717, 1.165) is 16.5 Å². The summed E-state index contributed by atoms with van der Waals surface area (Å²) in [7, 11) is 2.02. The van der Waals surface area contributed by atoms with Gasteiger partial charge in [0.25, 0.3) is 0 Å². The first-order chi connectivity index (χ1) is 8.84. The molecular formula is C12H14N4S2. The summed E-state index contributed by atoms with van der Waals surface area (Å²) < 4.78 is 2.06. The predicted octanol–water partition coefficient (Wildman–Crippen LogP) is 2.47. The van der Waals surface area contributed by atoms with Gasteiger partial charge in [0, 0.05) is 36.0 Å². The van der Waals surface area contributed by atoms with Gasteiger partial charge in [-0.2, -0.15) is 11.8 Å². The summed E-state index contributed by atoms with van der Waals surface area (Å²) in [5.41, 5.74) is 1.01. The first-order valence-electron chi connectivity index (χ1n) is 5.89. The Hall–Kier alpha value is -1.01. The molecule has 18 heavy (non-hydrogen) atoms. The molecule has 6 heteroatoms. The van der Waals surface area contributed by atoms with Gasteiger partial charge in [-0.1, -0.05) is 11.8 Å². The summed E-state index contributed by atoms with van der Waals surface area (Å²) in [5.74, 6) is 3.38. The van der Waals surface area contributed by atoms with E-state index in [1.54, 1.807) is 6.20 Å². The molecule has 0 amide bonds. The van der Waals surface area contributed by atoms with E-state index in [9.17, 15) is 0 Å². The van der Waals surface area contributed by atoms with Crippen LogP contribution in [0.4, 0.5) is 0 Å². The summed E-state index contributed by atoms with van der Waals surface area (Å²) >= 11 is 3.86. The summed E-state index contributed by atoms with van der Waals surface area (Å²) in [5, 5.41) is 10.2. The molecule has 4 nitrogen and oxygen atoms in total. The highest BCUT2D eigenvalue weighted by atomic mass is 32.2. The molecular weight excluding hydrogens is 264 g/mol. The van der Waals surface area contributed by atoms with E-state index in [1.807, 2.05) is 48.9 Å². The third-order valence-electron chi connectivity index (χ3n) is 2.91. The maximum Gasteiger partial charge on any atom is 0.191 e. The van der Waals surface area contributed by atoms with Gasteiger partial charge in [0.1, 0.15) is 0 Å². The van der Waals surface area contributed by atoms with E-state index in [2.05, 4.69) is 19.7 Å². The Morgan fingerprint density at radius 3 is 3.11 bits per heavy atom. The second-order valence-electron chi connectivity index (χ2n) is 4.21. The van der Waals surface area contributed by atoms with E-state index >= 15 is 0 Å². The lowest BCUT2D eigenvalue weighted by Gasteiger charge is -2.07. The van der Waals surface area contributed by atoms with Gasteiger partial charge in [-0.05, 0) is 24.3 Å². The molecule has 3 rings (SSSR count). The van der Waals surface area contributed by atoms with E-state index in [4.69, 9.17) is 0 Å². The van der Waals surface area contributed by atoms with Gasteiger partial charge in [-0.15, -0.1) is 10.2 Å². The van der Waals surface area contributed by atoms with Crippen LogP contribution in [0.1, 0.15) is 6.42 Å². The van der Waals surface area contributed by atoms with Crippen LogP contribution in [0.5, 0.6) is 0 Å². The van der Waals surface area contributed by atoms with E-state index in [0.29, 0.717) is 5.25 Å². The Kier molecular flexibility index (Phi) is 3.56. The minimum atomic E-state index is 0.680. The van der Waals surface area contributed by atoms with Crippen molar-refractivity contribution in [2.24, 2.45) is 7.05 Å². The maximum atomic E-state index is 4.29. The standard InChI is InChI=1S/C12H14N4S2/c1-16-11(9-3-2-5-13-7-9)14-15-12(16)18-10-4-6-17-8-10/h2-3,5,7,10H,4,6,8H2,1H3/t10-/m0/s1. The first kappa shape index (κ1) is 12.0. The molecule has 0 spiro atoms. The molecule has 2 aromatic heterocycles. The monoisotopic (exact) mass is 278 g/mol. The van der Waals surface area contributed by atoms with Gasteiger partial charge in [-0.25, -0.2) is 0 Å². The third-order valence-corrected chi connectivity index (χ3v) is 5.59. The fourth-order valence-corrected chi connectivity index (χ4v) is 4.54. The zero-order valence-electron chi connectivity index (χ0n) is 10.1. The normalized spacial score (nSPS) is 19.3. The van der Waals surface area contributed by atoms with Crippen LogP contribution in [0.25, 0.3) is 11.4 Å². The van der Waals surface area contributed by atoms with Crippen molar-refractivity contribution in [3.05, 3.63) is 24.5 Å². The van der Waals surface area contributed by atoms with Crippen molar-refractivity contribution in [3.63, 3.8) is 0 Å². The van der Waals surface area contributed by atoms with Crippen molar-refractivity contribution in [1.82, 2.24) is 19.7 Å². The molecule has 0 bridgehead atoms. The largest absolute Gasteiger partial charge is 0.305 e. The maximum absolute atomic E-state index is 4.29. The number of rotatable bonds is 3. The fourth-order valence-electron chi connectivity index (χ4n) is 1.92. The highest BCUT2D eigenvalue weighted by molar-refractivity contribution is 8.04. The lowest BCUT2D eigenvalue weighted by Crippen LogP contribution is -2.02.